The highest BCUT2D eigenvalue weighted by Gasteiger charge is 2.73. The number of benzene rings is 2. The zero-order valence-electron chi connectivity index (χ0n) is 21.8. The first-order valence-electron chi connectivity index (χ1n) is 13.3. The van der Waals surface area contributed by atoms with Gasteiger partial charge < -0.3 is 4.90 Å². The third-order valence-electron chi connectivity index (χ3n) is 8.51. The number of aryl methyl sites for hydroxylation is 2. The highest BCUT2D eigenvalue weighted by Crippen LogP contribution is 2.53. The molecule has 0 spiro atoms. The Morgan fingerprint density at radius 3 is 2.12 bits per heavy atom. The van der Waals surface area contributed by atoms with Crippen molar-refractivity contribution < 1.29 is 43.9 Å². The summed E-state index contributed by atoms with van der Waals surface area (Å²) in [5.41, 5.74) is -4.89. The second kappa shape index (κ2) is 10.8. The van der Waals surface area contributed by atoms with Gasteiger partial charge >= 0.3 is 18.0 Å². The van der Waals surface area contributed by atoms with E-state index in [0.29, 0.717) is 41.4 Å². The van der Waals surface area contributed by atoms with Crippen molar-refractivity contribution >= 4 is 27.5 Å². The van der Waals surface area contributed by atoms with Crippen LogP contribution in [0.2, 0.25) is 0 Å². The van der Waals surface area contributed by atoms with Crippen molar-refractivity contribution in [1.29, 1.82) is 0 Å². The first-order chi connectivity index (χ1) is 19.2. The molecule has 4 nitrogen and oxygen atoms in total. The molecule has 2 unspecified atom stereocenters. The molecule has 2 atom stereocenters. The fourth-order valence-electron chi connectivity index (χ4n) is 6.14. The van der Waals surface area contributed by atoms with E-state index in [1.165, 1.54) is 4.90 Å². The van der Waals surface area contributed by atoms with Crippen molar-refractivity contribution in [2.24, 2.45) is 5.92 Å². The summed E-state index contributed by atoms with van der Waals surface area (Å²) in [6, 6.07) is 8.20. The third kappa shape index (κ3) is 5.25. The van der Waals surface area contributed by atoms with Crippen molar-refractivity contribution in [1.82, 2.24) is 4.90 Å². The van der Waals surface area contributed by atoms with Crippen LogP contribution in [0.1, 0.15) is 47.9 Å². The summed E-state index contributed by atoms with van der Waals surface area (Å²) < 4.78 is 120. The minimum atomic E-state index is -6.25. The number of fused-ring (bicyclic) bond motifs is 1. The smallest absolute Gasteiger partial charge is 0.341 e. The lowest BCUT2D eigenvalue weighted by molar-refractivity contribution is -0.348. The molecular weight excluding hydrogens is 595 g/mol. The van der Waals surface area contributed by atoms with Gasteiger partial charge in [-0.15, -0.1) is 0 Å². The monoisotopic (exact) mass is 623 g/mol. The van der Waals surface area contributed by atoms with Gasteiger partial charge in [-0.25, -0.2) is 4.39 Å². The number of rotatable bonds is 5. The summed E-state index contributed by atoms with van der Waals surface area (Å²) in [4.78, 5) is 15.4. The molecular formula is C28H28F7NO3S2. The molecule has 0 aromatic heterocycles. The number of hydrogen-bond acceptors (Lipinski definition) is 3. The van der Waals surface area contributed by atoms with Crippen molar-refractivity contribution in [2.45, 2.75) is 66.2 Å². The normalized spacial score (nSPS) is 26.2. The number of halogens is 7. The highest BCUT2D eigenvalue weighted by molar-refractivity contribution is 7.86. The lowest BCUT2D eigenvalue weighted by Gasteiger charge is -2.33. The topological polar surface area (TPSA) is 54.5 Å². The minimum Gasteiger partial charge on any atom is -0.341 e. The summed E-state index contributed by atoms with van der Waals surface area (Å²) in [6.45, 7) is 0.1000. The van der Waals surface area contributed by atoms with Gasteiger partial charge in [-0.3, -0.25) is 13.2 Å². The number of amides is 1. The summed E-state index contributed by atoms with van der Waals surface area (Å²) in [5, 5.41) is 0. The van der Waals surface area contributed by atoms with Gasteiger partial charge in [0.25, 0.3) is 0 Å². The van der Waals surface area contributed by atoms with Crippen molar-refractivity contribution in [3.63, 3.8) is 0 Å². The van der Waals surface area contributed by atoms with Gasteiger partial charge in [0.05, 0.1) is 15.5 Å². The molecule has 2 aromatic rings. The SMILES string of the molecule is O=C(C1CCS(=O)CC1)N1CCC(c2ccc(C(F)(C(F)(F)F)C(F)(F)F)cc2)(S(=O)c2ccc3c(c2)CCC3)C1. The fraction of sp³-hybridized carbons (Fsp3) is 0.536. The molecule has 3 aliphatic rings. The molecule has 0 bridgehead atoms. The quantitative estimate of drug-likeness (QED) is 0.393. The van der Waals surface area contributed by atoms with E-state index in [1.54, 1.807) is 6.07 Å². The summed E-state index contributed by atoms with van der Waals surface area (Å²) in [6.07, 6.45) is -8.88. The molecule has 2 saturated heterocycles. The summed E-state index contributed by atoms with van der Waals surface area (Å²) in [5.74, 6) is 0.205. The van der Waals surface area contributed by atoms with Crippen LogP contribution in [-0.2, 0) is 49.7 Å². The molecule has 41 heavy (non-hydrogen) atoms. The Labute approximate surface area is 237 Å². The van der Waals surface area contributed by atoms with Gasteiger partial charge in [-0.1, -0.05) is 30.3 Å². The zero-order valence-corrected chi connectivity index (χ0v) is 23.5. The molecule has 5 rings (SSSR count). The molecule has 0 saturated carbocycles. The molecule has 2 aliphatic heterocycles. The average Bonchev–Trinajstić information content (AvgIpc) is 3.59. The molecule has 2 heterocycles. The Morgan fingerprint density at radius 1 is 0.902 bits per heavy atom. The van der Waals surface area contributed by atoms with E-state index < -0.39 is 49.9 Å². The van der Waals surface area contributed by atoms with Gasteiger partial charge in [-0.2, -0.15) is 26.3 Å². The first-order valence-corrected chi connectivity index (χ1v) is 15.9. The van der Waals surface area contributed by atoms with E-state index in [-0.39, 0.29) is 36.9 Å². The molecule has 1 aliphatic carbocycles. The lowest BCUT2D eigenvalue weighted by atomic mass is 9.90. The van der Waals surface area contributed by atoms with Gasteiger partial charge in [-0.05, 0) is 67.3 Å². The number of nitrogens with zero attached hydrogens (tertiary/aromatic N) is 1. The second-order valence-electron chi connectivity index (χ2n) is 10.9. The van der Waals surface area contributed by atoms with Crippen LogP contribution in [0, 0.1) is 5.92 Å². The van der Waals surface area contributed by atoms with Gasteiger partial charge in [0.15, 0.2) is 0 Å². The standard InChI is InChI=1S/C28H28F7NO3S2/c29-26(27(30,31)32,28(33,34)35)22-7-5-21(6-8-22)25(41(39)23-9-4-18-2-1-3-20(18)16-23)12-13-36(17-25)24(37)19-10-14-40(38)15-11-19/h4-9,16,19H,1-3,10-15,17H2. The first kappa shape index (κ1) is 30.2. The second-order valence-corrected chi connectivity index (χ2v) is 14.4. The molecule has 2 aromatic carbocycles. The number of carbonyl (C=O) groups is 1. The maximum Gasteiger partial charge on any atom is 0.435 e. The Balaban J connectivity index is 1.53. The van der Waals surface area contributed by atoms with E-state index in [1.807, 2.05) is 12.1 Å². The van der Waals surface area contributed by atoms with Gasteiger partial charge in [0, 0.05) is 51.8 Å². The molecule has 1 amide bonds. The van der Waals surface area contributed by atoms with Crippen LogP contribution >= 0.6 is 0 Å². The minimum absolute atomic E-state index is 0.0756. The molecule has 2 fully saturated rings. The summed E-state index contributed by atoms with van der Waals surface area (Å²) in [7, 11) is -2.84. The largest absolute Gasteiger partial charge is 0.435 e. The predicted octanol–water partition coefficient (Wildman–Crippen LogP) is 5.86. The maximum atomic E-state index is 14.7. The molecule has 0 N–H and O–H groups in total. The van der Waals surface area contributed by atoms with Crippen LogP contribution in [0.5, 0.6) is 0 Å². The van der Waals surface area contributed by atoms with Crippen molar-refractivity contribution in [3.05, 3.63) is 64.7 Å². The van der Waals surface area contributed by atoms with E-state index in [9.17, 15) is 43.9 Å². The number of likely N-dealkylation sites (tertiary alicyclic amines) is 1. The van der Waals surface area contributed by atoms with Gasteiger partial charge in [0.2, 0.25) is 5.91 Å². The lowest BCUT2D eigenvalue weighted by Crippen LogP contribution is -2.50. The van der Waals surface area contributed by atoms with Crippen LogP contribution in [-0.4, -0.2) is 56.2 Å². The molecule has 13 heteroatoms. The number of alkyl halides is 7. The molecule has 224 valence electrons. The Morgan fingerprint density at radius 2 is 1.51 bits per heavy atom. The summed E-state index contributed by atoms with van der Waals surface area (Å²) >= 11 is 0. The maximum absolute atomic E-state index is 14.7. The zero-order chi connectivity index (χ0) is 29.8. The van der Waals surface area contributed by atoms with Crippen LogP contribution in [0.4, 0.5) is 30.7 Å². The van der Waals surface area contributed by atoms with Gasteiger partial charge in [0.1, 0.15) is 0 Å². The highest BCUT2D eigenvalue weighted by atomic mass is 32.2. The van der Waals surface area contributed by atoms with Crippen LogP contribution in [0.3, 0.4) is 0 Å². The van der Waals surface area contributed by atoms with E-state index in [4.69, 9.17) is 0 Å². The Kier molecular flexibility index (Phi) is 7.93. The fourth-order valence-corrected chi connectivity index (χ4v) is 9.23. The van der Waals surface area contributed by atoms with Crippen molar-refractivity contribution in [3.8, 4) is 0 Å². The number of carbonyl (C=O) groups excluding carboxylic acids is 1. The molecule has 0 radical (unpaired) electrons. The third-order valence-corrected chi connectivity index (χ3v) is 11.9. The van der Waals surface area contributed by atoms with Crippen LogP contribution < -0.4 is 0 Å². The van der Waals surface area contributed by atoms with Crippen molar-refractivity contribution in [2.75, 3.05) is 24.6 Å². The Hall–Kier alpha value is -2.28. The Bertz CT molecular complexity index is 1350. The van der Waals surface area contributed by atoms with E-state index >= 15 is 0 Å². The van der Waals surface area contributed by atoms with Crippen LogP contribution in [0.25, 0.3) is 0 Å². The average molecular weight is 624 g/mol. The predicted molar refractivity (Wildman–Crippen MR) is 140 cm³/mol. The number of hydrogen-bond donors (Lipinski definition) is 0. The van der Waals surface area contributed by atoms with Crippen LogP contribution in [0.15, 0.2) is 47.4 Å². The van der Waals surface area contributed by atoms with E-state index in [2.05, 4.69) is 0 Å². The van der Waals surface area contributed by atoms with E-state index in [0.717, 1.165) is 42.5 Å².